The first-order valence-corrected chi connectivity index (χ1v) is 6.92. The van der Waals surface area contributed by atoms with Crippen molar-refractivity contribution < 1.29 is 0 Å². The van der Waals surface area contributed by atoms with Crippen molar-refractivity contribution in [3.63, 3.8) is 0 Å². The highest BCUT2D eigenvalue weighted by Crippen LogP contribution is 2.31. The van der Waals surface area contributed by atoms with Crippen LogP contribution in [0.1, 0.15) is 50.6 Å². The summed E-state index contributed by atoms with van der Waals surface area (Å²) in [6.45, 7) is 10.1. The Bertz CT molecular complexity index is 280. The smallest absolute Gasteiger partial charge is 0.0443 e. The van der Waals surface area contributed by atoms with Crippen LogP contribution in [-0.2, 0) is 6.42 Å². The Morgan fingerprint density at radius 3 is 2.60 bits per heavy atom. The minimum atomic E-state index is 0.551. The molecule has 15 heavy (non-hydrogen) atoms. The Hall–Kier alpha value is -0.340. The van der Waals surface area contributed by atoms with Crippen molar-refractivity contribution in [3.05, 3.63) is 21.9 Å². The van der Waals surface area contributed by atoms with Crippen LogP contribution in [0.15, 0.2) is 11.4 Å². The predicted octanol–water partition coefficient (Wildman–Crippen LogP) is 4.01. The van der Waals surface area contributed by atoms with Crippen LogP contribution in [-0.4, -0.2) is 6.54 Å². The Morgan fingerprint density at radius 2 is 2.07 bits per heavy atom. The monoisotopic (exact) mass is 225 g/mol. The molecule has 0 aliphatic heterocycles. The predicted molar refractivity (Wildman–Crippen MR) is 69.6 cm³/mol. The van der Waals surface area contributed by atoms with Gasteiger partial charge in [0.2, 0.25) is 0 Å². The second-order valence-electron chi connectivity index (χ2n) is 4.08. The molecule has 0 spiro atoms. The van der Waals surface area contributed by atoms with E-state index in [2.05, 4.69) is 44.5 Å². The highest BCUT2D eigenvalue weighted by molar-refractivity contribution is 7.10. The molecular weight excluding hydrogens is 202 g/mol. The van der Waals surface area contributed by atoms with E-state index >= 15 is 0 Å². The number of rotatable bonds is 6. The first-order chi connectivity index (χ1) is 7.24. The van der Waals surface area contributed by atoms with E-state index in [9.17, 15) is 0 Å². The van der Waals surface area contributed by atoms with Crippen LogP contribution in [0.25, 0.3) is 0 Å². The standard InChI is InChI=1S/C13H23NS/c1-5-10(4)12(14-7-3)13-11(6-2)8-9-15-13/h8-10,12,14H,5-7H2,1-4H3. The summed E-state index contributed by atoms with van der Waals surface area (Å²) in [5.41, 5.74) is 1.52. The van der Waals surface area contributed by atoms with E-state index in [1.54, 1.807) is 4.88 Å². The van der Waals surface area contributed by atoms with E-state index in [1.165, 1.54) is 12.0 Å². The van der Waals surface area contributed by atoms with Gasteiger partial charge in [-0.25, -0.2) is 0 Å². The fourth-order valence-corrected chi connectivity index (χ4v) is 3.13. The molecule has 0 saturated carbocycles. The molecular formula is C13H23NS. The quantitative estimate of drug-likeness (QED) is 0.771. The third-order valence-electron chi connectivity index (χ3n) is 3.08. The summed E-state index contributed by atoms with van der Waals surface area (Å²) in [5.74, 6) is 0.717. The second kappa shape index (κ2) is 6.29. The van der Waals surface area contributed by atoms with E-state index in [1.807, 2.05) is 11.3 Å². The van der Waals surface area contributed by atoms with Crippen LogP contribution in [0, 0.1) is 5.92 Å². The molecule has 0 amide bonds. The van der Waals surface area contributed by atoms with E-state index < -0.39 is 0 Å². The van der Waals surface area contributed by atoms with Gasteiger partial charge >= 0.3 is 0 Å². The third-order valence-corrected chi connectivity index (χ3v) is 4.12. The second-order valence-corrected chi connectivity index (χ2v) is 5.03. The average molecular weight is 225 g/mol. The zero-order valence-corrected chi connectivity index (χ0v) is 11.2. The molecule has 1 rings (SSSR count). The van der Waals surface area contributed by atoms with Crippen LogP contribution in [0.2, 0.25) is 0 Å². The van der Waals surface area contributed by atoms with Crippen molar-refractivity contribution in [2.75, 3.05) is 6.54 Å². The summed E-state index contributed by atoms with van der Waals surface area (Å²) in [6, 6.07) is 2.82. The molecule has 1 nitrogen and oxygen atoms in total. The Balaban J connectivity index is 2.87. The number of hydrogen-bond donors (Lipinski definition) is 1. The molecule has 86 valence electrons. The van der Waals surface area contributed by atoms with Gasteiger partial charge in [-0.15, -0.1) is 11.3 Å². The van der Waals surface area contributed by atoms with Gasteiger partial charge in [0.25, 0.3) is 0 Å². The lowest BCUT2D eigenvalue weighted by Crippen LogP contribution is -2.26. The fourth-order valence-electron chi connectivity index (χ4n) is 1.92. The summed E-state index contributed by atoms with van der Waals surface area (Å²) in [5, 5.41) is 5.84. The maximum Gasteiger partial charge on any atom is 0.0443 e. The van der Waals surface area contributed by atoms with Crippen molar-refractivity contribution in [2.45, 2.75) is 46.6 Å². The molecule has 1 heterocycles. The lowest BCUT2D eigenvalue weighted by Gasteiger charge is -2.24. The van der Waals surface area contributed by atoms with Crippen molar-refractivity contribution in [3.8, 4) is 0 Å². The fraction of sp³-hybridized carbons (Fsp3) is 0.692. The van der Waals surface area contributed by atoms with Gasteiger partial charge in [0, 0.05) is 10.9 Å². The number of nitrogens with one attached hydrogen (secondary N) is 1. The maximum absolute atomic E-state index is 3.62. The van der Waals surface area contributed by atoms with E-state index in [0.29, 0.717) is 12.0 Å². The molecule has 0 fully saturated rings. The zero-order chi connectivity index (χ0) is 11.3. The summed E-state index contributed by atoms with van der Waals surface area (Å²) in [4.78, 5) is 1.55. The molecule has 0 aromatic carbocycles. The topological polar surface area (TPSA) is 12.0 Å². The van der Waals surface area contributed by atoms with E-state index in [-0.39, 0.29) is 0 Å². The molecule has 0 aliphatic rings. The SMILES string of the molecule is CCNC(c1sccc1CC)C(C)CC. The summed E-state index contributed by atoms with van der Waals surface area (Å²) in [7, 11) is 0. The minimum absolute atomic E-state index is 0.551. The first-order valence-electron chi connectivity index (χ1n) is 6.04. The molecule has 0 saturated heterocycles. The Labute approximate surface area is 97.9 Å². The molecule has 2 unspecified atom stereocenters. The van der Waals surface area contributed by atoms with Gasteiger partial charge in [-0.05, 0) is 35.9 Å². The molecule has 2 atom stereocenters. The maximum atomic E-state index is 3.62. The van der Waals surface area contributed by atoms with Gasteiger partial charge in [-0.3, -0.25) is 0 Å². The minimum Gasteiger partial charge on any atom is -0.309 e. The lowest BCUT2D eigenvalue weighted by atomic mass is 9.95. The third kappa shape index (κ3) is 3.05. The molecule has 1 aromatic heterocycles. The average Bonchev–Trinajstić information content (AvgIpc) is 2.72. The summed E-state index contributed by atoms with van der Waals surface area (Å²) >= 11 is 1.90. The van der Waals surface area contributed by atoms with Gasteiger partial charge in [0.1, 0.15) is 0 Å². The molecule has 0 radical (unpaired) electrons. The molecule has 0 bridgehead atoms. The van der Waals surface area contributed by atoms with Crippen LogP contribution >= 0.6 is 11.3 Å². The van der Waals surface area contributed by atoms with Gasteiger partial charge < -0.3 is 5.32 Å². The summed E-state index contributed by atoms with van der Waals surface area (Å²) < 4.78 is 0. The van der Waals surface area contributed by atoms with Gasteiger partial charge in [0.15, 0.2) is 0 Å². The molecule has 1 aromatic rings. The lowest BCUT2D eigenvalue weighted by molar-refractivity contribution is 0.387. The van der Waals surface area contributed by atoms with Crippen molar-refractivity contribution in [2.24, 2.45) is 5.92 Å². The van der Waals surface area contributed by atoms with Crippen molar-refractivity contribution in [1.82, 2.24) is 5.32 Å². The van der Waals surface area contributed by atoms with Crippen LogP contribution in [0.3, 0.4) is 0 Å². The highest BCUT2D eigenvalue weighted by atomic mass is 32.1. The number of thiophene rings is 1. The van der Waals surface area contributed by atoms with Crippen molar-refractivity contribution in [1.29, 1.82) is 0 Å². The van der Waals surface area contributed by atoms with Crippen LogP contribution < -0.4 is 5.32 Å². The largest absolute Gasteiger partial charge is 0.309 e. The Morgan fingerprint density at radius 1 is 1.33 bits per heavy atom. The van der Waals surface area contributed by atoms with Crippen LogP contribution in [0.5, 0.6) is 0 Å². The van der Waals surface area contributed by atoms with Gasteiger partial charge in [-0.2, -0.15) is 0 Å². The first kappa shape index (κ1) is 12.7. The molecule has 2 heteroatoms. The Kier molecular flexibility index (Phi) is 5.34. The van der Waals surface area contributed by atoms with Gasteiger partial charge in [-0.1, -0.05) is 34.1 Å². The van der Waals surface area contributed by atoms with E-state index in [0.717, 1.165) is 13.0 Å². The highest BCUT2D eigenvalue weighted by Gasteiger charge is 2.20. The van der Waals surface area contributed by atoms with Crippen LogP contribution in [0.4, 0.5) is 0 Å². The van der Waals surface area contributed by atoms with Gasteiger partial charge in [0.05, 0.1) is 0 Å². The summed E-state index contributed by atoms with van der Waals surface area (Å²) in [6.07, 6.45) is 2.38. The van der Waals surface area contributed by atoms with E-state index in [4.69, 9.17) is 0 Å². The number of aryl methyl sites for hydroxylation is 1. The molecule has 0 aliphatic carbocycles. The van der Waals surface area contributed by atoms with Crippen molar-refractivity contribution >= 4 is 11.3 Å². The molecule has 1 N–H and O–H groups in total. The number of hydrogen-bond acceptors (Lipinski definition) is 2. The zero-order valence-electron chi connectivity index (χ0n) is 10.3. The normalized spacial score (nSPS) is 15.2.